The molecular weight excluding hydrogens is 535 g/mol. The molecule has 1 saturated carbocycles. The maximum Gasteiger partial charge on any atom is 0.387 e. The Balaban J connectivity index is 1.33. The Morgan fingerprint density at radius 3 is 2.73 bits per heavy atom. The number of pyridine rings is 1. The summed E-state index contributed by atoms with van der Waals surface area (Å²) in [5.41, 5.74) is 8.20. The third-order valence-electron chi connectivity index (χ3n) is 8.61. The van der Waals surface area contributed by atoms with Crippen molar-refractivity contribution in [1.29, 1.82) is 5.26 Å². The van der Waals surface area contributed by atoms with Crippen LogP contribution in [0.5, 0.6) is 5.75 Å². The van der Waals surface area contributed by atoms with Crippen LogP contribution in [0.3, 0.4) is 0 Å². The first-order valence-corrected chi connectivity index (χ1v) is 13.1. The standard InChI is InChI=1S/C29H24F3N7O2/c1-28(13-33)11-29(34,12-28)24-17(30)8-14(10-35-24)18-6-7-39-25(36-18)22-16-9-19(23(22)37-39)38(2)26(40)15-4-3-5-20(21(15)16)41-27(31)32/h3-8,10,16,19,27H,9,11-12,34H2,1-2H3. The molecule has 1 aliphatic heterocycles. The lowest BCUT2D eigenvalue weighted by Crippen LogP contribution is -2.54. The van der Waals surface area contributed by atoms with Crippen LogP contribution >= 0.6 is 0 Å². The number of nitrogens with two attached hydrogens (primary N) is 1. The highest BCUT2D eigenvalue weighted by molar-refractivity contribution is 5.98. The lowest BCUT2D eigenvalue weighted by Gasteiger charge is -2.48. The summed E-state index contributed by atoms with van der Waals surface area (Å²) in [7, 11) is 1.67. The molecule has 2 atom stereocenters. The predicted molar refractivity (Wildman–Crippen MR) is 139 cm³/mol. The number of aromatic nitrogens is 4. The van der Waals surface area contributed by atoms with E-state index in [4.69, 9.17) is 20.6 Å². The van der Waals surface area contributed by atoms with Gasteiger partial charge >= 0.3 is 6.61 Å². The molecule has 9 nitrogen and oxygen atoms in total. The fourth-order valence-corrected chi connectivity index (χ4v) is 6.91. The van der Waals surface area contributed by atoms with E-state index in [1.165, 1.54) is 24.4 Å². The molecule has 1 fully saturated rings. The monoisotopic (exact) mass is 559 g/mol. The molecule has 41 heavy (non-hydrogen) atoms. The average Bonchev–Trinajstić information content (AvgIpc) is 3.44. The highest BCUT2D eigenvalue weighted by Gasteiger charge is 2.53. The van der Waals surface area contributed by atoms with Gasteiger partial charge in [0.2, 0.25) is 0 Å². The molecular formula is C29H24F3N7O2. The fourth-order valence-electron chi connectivity index (χ4n) is 6.91. The molecule has 1 aromatic carbocycles. The Hall–Kier alpha value is -4.50. The number of benzene rings is 1. The Kier molecular flexibility index (Phi) is 5.28. The number of rotatable bonds is 4. The van der Waals surface area contributed by atoms with Gasteiger partial charge in [-0.05, 0) is 50.5 Å². The summed E-state index contributed by atoms with van der Waals surface area (Å²) >= 11 is 0. The van der Waals surface area contributed by atoms with Crippen molar-refractivity contribution < 1.29 is 22.7 Å². The Bertz CT molecular complexity index is 1810. The van der Waals surface area contributed by atoms with Gasteiger partial charge in [0.05, 0.1) is 40.1 Å². The van der Waals surface area contributed by atoms with E-state index >= 15 is 4.39 Å². The van der Waals surface area contributed by atoms with Gasteiger partial charge in [-0.25, -0.2) is 13.9 Å². The topological polar surface area (TPSA) is 122 Å². The summed E-state index contributed by atoms with van der Waals surface area (Å²) in [6.45, 7) is -1.27. The van der Waals surface area contributed by atoms with Gasteiger partial charge in [0.15, 0.2) is 5.65 Å². The molecule has 12 heteroatoms. The molecule has 3 aliphatic rings. The van der Waals surface area contributed by atoms with E-state index in [1.54, 1.807) is 41.7 Å². The number of carbonyl (C=O) groups excluding carboxylic acids is 1. The minimum Gasteiger partial charge on any atom is -0.434 e. The second-order valence-corrected chi connectivity index (χ2v) is 11.4. The Labute approximate surface area is 232 Å². The summed E-state index contributed by atoms with van der Waals surface area (Å²) in [5, 5.41) is 14.0. The van der Waals surface area contributed by atoms with Crippen LogP contribution in [0, 0.1) is 22.6 Å². The second-order valence-electron chi connectivity index (χ2n) is 11.4. The van der Waals surface area contributed by atoms with Crippen molar-refractivity contribution in [3.05, 3.63) is 76.6 Å². The summed E-state index contributed by atoms with van der Waals surface area (Å²) in [5.74, 6) is -1.42. The third kappa shape index (κ3) is 3.65. The van der Waals surface area contributed by atoms with Crippen molar-refractivity contribution in [3.63, 3.8) is 0 Å². The number of alkyl halides is 2. The van der Waals surface area contributed by atoms with Gasteiger partial charge in [-0.3, -0.25) is 9.78 Å². The molecule has 2 bridgehead atoms. The summed E-state index contributed by atoms with van der Waals surface area (Å²) in [4.78, 5) is 24.0. The lowest BCUT2D eigenvalue weighted by molar-refractivity contribution is -0.0505. The molecule has 0 radical (unpaired) electrons. The van der Waals surface area contributed by atoms with Crippen LogP contribution in [0.2, 0.25) is 0 Å². The van der Waals surface area contributed by atoms with Gasteiger partial charge in [0.1, 0.15) is 11.6 Å². The zero-order chi connectivity index (χ0) is 28.8. The van der Waals surface area contributed by atoms with Crippen LogP contribution in [0.1, 0.15) is 71.0 Å². The van der Waals surface area contributed by atoms with E-state index in [1.807, 2.05) is 0 Å². The molecule has 1 amide bonds. The SMILES string of the molecule is CN1C(=O)c2cccc(OC(F)F)c2C2CC1c1nn3ccc(-c4cnc(C5(N)CC(C)(C#N)C5)c(F)c4)nc3c12. The van der Waals surface area contributed by atoms with Crippen molar-refractivity contribution in [1.82, 2.24) is 24.5 Å². The number of hydrogen-bond acceptors (Lipinski definition) is 7. The van der Waals surface area contributed by atoms with E-state index in [-0.39, 0.29) is 23.4 Å². The maximum absolute atomic E-state index is 15.3. The summed E-state index contributed by atoms with van der Waals surface area (Å²) < 4.78 is 48.4. The van der Waals surface area contributed by atoms with Crippen molar-refractivity contribution in [2.45, 2.75) is 50.3 Å². The van der Waals surface area contributed by atoms with E-state index in [0.29, 0.717) is 58.6 Å². The number of fused-ring (bicyclic) bond motifs is 9. The lowest BCUT2D eigenvalue weighted by atomic mass is 9.58. The number of nitrogens with zero attached hydrogens (tertiary/aromatic N) is 6. The van der Waals surface area contributed by atoms with Crippen molar-refractivity contribution >= 4 is 11.6 Å². The predicted octanol–water partition coefficient (Wildman–Crippen LogP) is 4.67. The van der Waals surface area contributed by atoms with Crippen LogP contribution in [-0.4, -0.2) is 44.0 Å². The number of carbonyl (C=O) groups is 1. The van der Waals surface area contributed by atoms with Gasteiger partial charge in [-0.15, -0.1) is 0 Å². The normalized spacial score (nSPS) is 26.4. The van der Waals surface area contributed by atoms with E-state index in [2.05, 4.69) is 11.1 Å². The molecule has 0 spiro atoms. The first-order valence-electron chi connectivity index (χ1n) is 13.1. The molecule has 4 aromatic rings. The molecule has 4 heterocycles. The largest absolute Gasteiger partial charge is 0.434 e. The van der Waals surface area contributed by atoms with E-state index in [9.17, 15) is 18.8 Å². The minimum absolute atomic E-state index is 0.0608. The van der Waals surface area contributed by atoms with Crippen LogP contribution in [0.25, 0.3) is 16.9 Å². The smallest absolute Gasteiger partial charge is 0.387 e. The highest BCUT2D eigenvalue weighted by Crippen LogP contribution is 2.54. The number of ether oxygens (including phenoxy) is 1. The first kappa shape index (κ1) is 25.5. The third-order valence-corrected chi connectivity index (χ3v) is 8.61. The molecule has 7 rings (SSSR count). The molecule has 2 aliphatic carbocycles. The van der Waals surface area contributed by atoms with Gasteiger partial charge in [-0.1, -0.05) is 6.07 Å². The molecule has 0 saturated heterocycles. The van der Waals surface area contributed by atoms with Gasteiger partial charge in [-0.2, -0.15) is 19.1 Å². The number of hydrogen-bond donors (Lipinski definition) is 1. The van der Waals surface area contributed by atoms with E-state index in [0.717, 1.165) is 0 Å². The zero-order valence-electron chi connectivity index (χ0n) is 22.1. The van der Waals surface area contributed by atoms with Crippen molar-refractivity contribution in [2.24, 2.45) is 11.1 Å². The number of nitriles is 1. The molecule has 208 valence electrons. The van der Waals surface area contributed by atoms with Crippen molar-refractivity contribution in [3.8, 4) is 23.1 Å². The van der Waals surface area contributed by atoms with Gasteiger partial charge in [0.25, 0.3) is 5.91 Å². The minimum atomic E-state index is -3.06. The fraction of sp³-hybridized carbons (Fsp3) is 0.345. The van der Waals surface area contributed by atoms with Crippen LogP contribution in [0.4, 0.5) is 13.2 Å². The first-order chi connectivity index (χ1) is 19.5. The van der Waals surface area contributed by atoms with E-state index < -0.39 is 29.3 Å². The highest BCUT2D eigenvalue weighted by atomic mass is 19.3. The van der Waals surface area contributed by atoms with Gasteiger partial charge < -0.3 is 15.4 Å². The Morgan fingerprint density at radius 1 is 1.24 bits per heavy atom. The zero-order valence-corrected chi connectivity index (χ0v) is 22.1. The van der Waals surface area contributed by atoms with Gasteiger partial charge in [0, 0.05) is 47.6 Å². The average molecular weight is 560 g/mol. The quantitative estimate of drug-likeness (QED) is 0.386. The molecule has 2 N–H and O–H groups in total. The maximum atomic E-state index is 15.3. The number of amides is 1. The molecule has 2 unspecified atom stereocenters. The summed E-state index contributed by atoms with van der Waals surface area (Å²) in [6, 6.07) is 9.41. The Morgan fingerprint density at radius 2 is 2.02 bits per heavy atom. The van der Waals surface area contributed by atoms with Crippen LogP contribution in [0.15, 0.2) is 42.7 Å². The number of halogens is 3. The second kappa shape index (κ2) is 8.50. The van der Waals surface area contributed by atoms with Crippen molar-refractivity contribution in [2.75, 3.05) is 7.05 Å². The summed E-state index contributed by atoms with van der Waals surface area (Å²) in [6.07, 6.45) is 4.25. The van der Waals surface area contributed by atoms with Crippen LogP contribution in [-0.2, 0) is 5.54 Å². The molecule has 3 aromatic heterocycles. The van der Waals surface area contributed by atoms with Crippen LogP contribution < -0.4 is 10.5 Å².